The fourth-order valence-electron chi connectivity index (χ4n) is 3.07. The highest BCUT2D eigenvalue weighted by Crippen LogP contribution is 2.34. The van der Waals surface area contributed by atoms with Gasteiger partial charge in [-0.15, -0.1) is 0 Å². The van der Waals surface area contributed by atoms with Gasteiger partial charge in [0.05, 0.1) is 0 Å². The average molecular weight is 316 g/mol. The van der Waals surface area contributed by atoms with Crippen molar-refractivity contribution < 1.29 is 13.2 Å². The molecule has 0 saturated heterocycles. The molecule has 23 heavy (non-hydrogen) atoms. The Morgan fingerprint density at radius 2 is 1.61 bits per heavy atom. The van der Waals surface area contributed by atoms with Crippen molar-refractivity contribution in [2.24, 2.45) is 5.92 Å². The molecule has 3 rings (SSSR count). The first-order chi connectivity index (χ1) is 11.0. The van der Waals surface area contributed by atoms with Gasteiger partial charge in [-0.25, -0.2) is 13.2 Å². The fraction of sp³-hybridized carbons (Fsp3) is 0.300. The van der Waals surface area contributed by atoms with E-state index in [9.17, 15) is 13.2 Å². The molecule has 3 heteroatoms. The lowest BCUT2D eigenvalue weighted by molar-refractivity contribution is 0.504. The SMILES string of the molecule is Cc1ccc(-c2ccc(C3C=C[C@@H](C)CC3)cc2F)c(F)c1F. The molecule has 0 fully saturated rings. The summed E-state index contributed by atoms with van der Waals surface area (Å²) in [5.74, 6) is -1.69. The maximum atomic E-state index is 14.5. The van der Waals surface area contributed by atoms with Crippen LogP contribution in [-0.4, -0.2) is 0 Å². The molecule has 0 saturated carbocycles. The van der Waals surface area contributed by atoms with Gasteiger partial charge in [0.15, 0.2) is 11.6 Å². The van der Waals surface area contributed by atoms with Crippen LogP contribution < -0.4 is 0 Å². The third kappa shape index (κ3) is 3.05. The Labute approximate surface area is 134 Å². The van der Waals surface area contributed by atoms with E-state index >= 15 is 0 Å². The average Bonchev–Trinajstić information content (AvgIpc) is 2.54. The Bertz CT molecular complexity index is 762. The zero-order valence-electron chi connectivity index (χ0n) is 13.2. The summed E-state index contributed by atoms with van der Waals surface area (Å²) in [6, 6.07) is 7.68. The van der Waals surface area contributed by atoms with Crippen LogP contribution >= 0.6 is 0 Å². The smallest absolute Gasteiger partial charge is 0.167 e. The van der Waals surface area contributed by atoms with E-state index in [0.29, 0.717) is 5.92 Å². The lowest BCUT2D eigenvalue weighted by atomic mass is 9.84. The number of benzene rings is 2. The lowest BCUT2D eigenvalue weighted by Gasteiger charge is -2.21. The van der Waals surface area contributed by atoms with Gasteiger partial charge in [-0.1, -0.05) is 43.3 Å². The Morgan fingerprint density at radius 1 is 0.870 bits per heavy atom. The van der Waals surface area contributed by atoms with Crippen molar-refractivity contribution in [2.75, 3.05) is 0 Å². The van der Waals surface area contributed by atoms with Gasteiger partial charge in [0.1, 0.15) is 5.82 Å². The molecule has 0 aromatic heterocycles. The summed E-state index contributed by atoms with van der Waals surface area (Å²) in [5.41, 5.74) is 1.15. The van der Waals surface area contributed by atoms with Gasteiger partial charge in [0.25, 0.3) is 0 Å². The normalized spacial score (nSPS) is 20.7. The first-order valence-electron chi connectivity index (χ1n) is 7.90. The van der Waals surface area contributed by atoms with Crippen molar-refractivity contribution in [1.82, 2.24) is 0 Å². The molecular weight excluding hydrogens is 297 g/mol. The molecule has 2 aromatic rings. The van der Waals surface area contributed by atoms with Gasteiger partial charge in [0, 0.05) is 17.0 Å². The van der Waals surface area contributed by atoms with Crippen molar-refractivity contribution in [2.45, 2.75) is 32.6 Å². The summed E-state index contributed by atoms with van der Waals surface area (Å²) in [5, 5.41) is 0. The van der Waals surface area contributed by atoms with Crippen molar-refractivity contribution in [1.29, 1.82) is 0 Å². The zero-order valence-corrected chi connectivity index (χ0v) is 13.2. The molecular formula is C20H19F3. The molecule has 2 atom stereocenters. The summed E-state index contributed by atoms with van der Waals surface area (Å²) < 4.78 is 42.2. The van der Waals surface area contributed by atoms with Gasteiger partial charge >= 0.3 is 0 Å². The second-order valence-electron chi connectivity index (χ2n) is 6.34. The first-order valence-corrected chi connectivity index (χ1v) is 7.90. The Balaban J connectivity index is 1.97. The largest absolute Gasteiger partial charge is 0.206 e. The molecule has 0 spiro atoms. The summed E-state index contributed by atoms with van der Waals surface area (Å²) >= 11 is 0. The third-order valence-corrected chi connectivity index (χ3v) is 4.59. The molecule has 1 aliphatic carbocycles. The van der Waals surface area contributed by atoms with Gasteiger partial charge in [-0.2, -0.15) is 0 Å². The predicted molar refractivity (Wildman–Crippen MR) is 86.8 cm³/mol. The lowest BCUT2D eigenvalue weighted by Crippen LogP contribution is -2.05. The number of aryl methyl sites for hydroxylation is 1. The molecule has 0 aliphatic heterocycles. The van der Waals surface area contributed by atoms with E-state index < -0.39 is 17.5 Å². The van der Waals surface area contributed by atoms with Crippen LogP contribution in [0.4, 0.5) is 13.2 Å². The minimum Gasteiger partial charge on any atom is -0.206 e. The van der Waals surface area contributed by atoms with Crippen LogP contribution in [0.1, 0.15) is 36.8 Å². The highest BCUT2D eigenvalue weighted by atomic mass is 19.2. The van der Waals surface area contributed by atoms with Gasteiger partial charge in [-0.3, -0.25) is 0 Å². The minimum atomic E-state index is -0.997. The van der Waals surface area contributed by atoms with E-state index in [4.69, 9.17) is 0 Å². The van der Waals surface area contributed by atoms with Crippen LogP contribution in [0.3, 0.4) is 0 Å². The standard InChI is InChI=1S/C20H19F3/c1-12-3-6-14(7-4-12)15-8-10-16(18(21)11-15)17-9-5-13(2)19(22)20(17)23/h3,5-6,8-12,14H,4,7H2,1-2H3/t12-,14?/m1/s1. The Hall–Kier alpha value is -2.03. The topological polar surface area (TPSA) is 0 Å². The number of rotatable bonds is 2. The van der Waals surface area contributed by atoms with Crippen molar-refractivity contribution >= 4 is 0 Å². The first kappa shape index (κ1) is 15.9. The molecule has 0 heterocycles. The van der Waals surface area contributed by atoms with Gasteiger partial charge in [-0.05, 0) is 42.9 Å². The zero-order chi connectivity index (χ0) is 16.6. The quantitative estimate of drug-likeness (QED) is 0.583. The fourth-order valence-corrected chi connectivity index (χ4v) is 3.07. The molecule has 120 valence electrons. The highest BCUT2D eigenvalue weighted by molar-refractivity contribution is 5.66. The molecule has 0 amide bonds. The Morgan fingerprint density at radius 3 is 2.26 bits per heavy atom. The third-order valence-electron chi connectivity index (χ3n) is 4.59. The second kappa shape index (κ2) is 6.23. The van der Waals surface area contributed by atoms with Crippen molar-refractivity contribution in [3.63, 3.8) is 0 Å². The molecule has 0 N–H and O–H groups in total. The maximum Gasteiger partial charge on any atom is 0.167 e. The number of hydrogen-bond acceptors (Lipinski definition) is 0. The van der Waals surface area contributed by atoms with Crippen LogP contribution in [0.2, 0.25) is 0 Å². The van der Waals surface area contributed by atoms with E-state index in [1.165, 1.54) is 25.1 Å². The van der Waals surface area contributed by atoms with E-state index in [2.05, 4.69) is 19.1 Å². The van der Waals surface area contributed by atoms with Crippen LogP contribution in [-0.2, 0) is 0 Å². The van der Waals surface area contributed by atoms with Crippen LogP contribution in [0, 0.1) is 30.3 Å². The second-order valence-corrected chi connectivity index (χ2v) is 6.34. The van der Waals surface area contributed by atoms with Gasteiger partial charge < -0.3 is 0 Å². The monoisotopic (exact) mass is 316 g/mol. The van der Waals surface area contributed by atoms with Crippen LogP contribution in [0.15, 0.2) is 42.5 Å². The Kier molecular flexibility index (Phi) is 4.29. The van der Waals surface area contributed by atoms with E-state index in [0.717, 1.165) is 18.4 Å². The number of allylic oxidation sites excluding steroid dienone is 2. The number of hydrogen-bond donors (Lipinski definition) is 0. The van der Waals surface area contributed by atoms with E-state index in [1.807, 2.05) is 0 Å². The van der Waals surface area contributed by atoms with E-state index in [-0.39, 0.29) is 22.6 Å². The van der Waals surface area contributed by atoms with Gasteiger partial charge in [0.2, 0.25) is 0 Å². The molecule has 0 radical (unpaired) electrons. The molecule has 0 nitrogen and oxygen atoms in total. The molecule has 1 aliphatic rings. The van der Waals surface area contributed by atoms with Crippen LogP contribution in [0.5, 0.6) is 0 Å². The summed E-state index contributed by atoms with van der Waals surface area (Å²) in [7, 11) is 0. The van der Waals surface area contributed by atoms with Crippen molar-refractivity contribution in [3.05, 3.63) is 71.1 Å². The summed E-state index contributed by atoms with van der Waals surface area (Å²) in [6.45, 7) is 3.64. The highest BCUT2D eigenvalue weighted by Gasteiger charge is 2.19. The molecule has 1 unspecified atom stereocenters. The molecule has 2 aromatic carbocycles. The van der Waals surface area contributed by atoms with Crippen LogP contribution in [0.25, 0.3) is 11.1 Å². The van der Waals surface area contributed by atoms with E-state index in [1.54, 1.807) is 12.1 Å². The minimum absolute atomic E-state index is 0.0371. The number of halogens is 3. The summed E-state index contributed by atoms with van der Waals surface area (Å²) in [6.07, 6.45) is 6.30. The molecule has 0 bridgehead atoms. The van der Waals surface area contributed by atoms with Crippen molar-refractivity contribution in [3.8, 4) is 11.1 Å². The summed E-state index contributed by atoms with van der Waals surface area (Å²) in [4.78, 5) is 0. The predicted octanol–water partition coefficient (Wildman–Crippen LogP) is 6.15. The maximum absolute atomic E-state index is 14.5.